The van der Waals surface area contributed by atoms with Crippen LogP contribution in [-0.2, 0) is 14.2 Å². The number of hydrogen-bond acceptors (Lipinski definition) is 11. The molecular formula is C12H22O11. The van der Waals surface area contributed by atoms with Gasteiger partial charge in [-0.05, 0) is 0 Å². The topological polar surface area (TPSA) is 190 Å². The lowest BCUT2D eigenvalue weighted by Crippen LogP contribution is -2.64. The molecule has 0 aromatic heterocycles. The van der Waals surface area contributed by atoms with Crippen molar-refractivity contribution in [2.75, 3.05) is 13.2 Å². The van der Waals surface area contributed by atoms with Crippen molar-refractivity contribution in [3.63, 3.8) is 0 Å². The average molecular weight is 342 g/mol. The van der Waals surface area contributed by atoms with Crippen LogP contribution in [0.4, 0.5) is 0 Å². The average Bonchev–Trinajstić information content (AvgIpc) is 2.55. The quantitative estimate of drug-likeness (QED) is 0.243. The minimum Gasteiger partial charge on any atom is -0.394 e. The van der Waals surface area contributed by atoms with Crippen molar-refractivity contribution in [2.45, 2.75) is 61.4 Å². The molecule has 0 saturated carbocycles. The van der Waals surface area contributed by atoms with Gasteiger partial charge < -0.3 is 55.1 Å². The maximum atomic E-state index is 9.94. The highest BCUT2D eigenvalue weighted by Crippen LogP contribution is 2.28. The summed E-state index contributed by atoms with van der Waals surface area (Å²) >= 11 is 0. The second kappa shape index (κ2) is 7.63. The molecule has 2 aliphatic heterocycles. The number of aliphatic hydroxyl groups is 8. The largest absolute Gasteiger partial charge is 0.394 e. The highest BCUT2D eigenvalue weighted by Gasteiger charge is 2.50. The number of hydrogen-bond donors (Lipinski definition) is 8. The van der Waals surface area contributed by atoms with E-state index in [9.17, 15) is 35.7 Å². The second-order valence-electron chi connectivity index (χ2n) is 5.53. The van der Waals surface area contributed by atoms with Gasteiger partial charge in [-0.25, -0.2) is 0 Å². The molecule has 8 N–H and O–H groups in total. The third-order valence-corrected chi connectivity index (χ3v) is 3.98. The highest BCUT2D eigenvalue weighted by atomic mass is 16.7. The molecule has 23 heavy (non-hydrogen) atoms. The highest BCUT2D eigenvalue weighted by molar-refractivity contribution is 4.93. The lowest BCUT2D eigenvalue weighted by atomic mass is 9.97. The molecule has 0 aromatic rings. The summed E-state index contributed by atoms with van der Waals surface area (Å²) in [7, 11) is 0. The minimum absolute atomic E-state index is 0.667. The van der Waals surface area contributed by atoms with E-state index < -0.39 is 74.6 Å². The first-order valence-electron chi connectivity index (χ1n) is 7.08. The molecular weight excluding hydrogens is 320 g/mol. The molecule has 0 aliphatic carbocycles. The fourth-order valence-corrected chi connectivity index (χ4v) is 2.57. The van der Waals surface area contributed by atoms with Gasteiger partial charge >= 0.3 is 0 Å². The van der Waals surface area contributed by atoms with Gasteiger partial charge in [-0.1, -0.05) is 0 Å². The van der Waals surface area contributed by atoms with Crippen LogP contribution in [0.2, 0.25) is 0 Å². The van der Waals surface area contributed by atoms with E-state index in [0.29, 0.717) is 0 Å². The van der Waals surface area contributed by atoms with Crippen molar-refractivity contribution < 1.29 is 55.1 Å². The third-order valence-electron chi connectivity index (χ3n) is 3.98. The monoisotopic (exact) mass is 342 g/mol. The molecule has 2 aliphatic rings. The summed E-state index contributed by atoms with van der Waals surface area (Å²) in [5.74, 6) is 0. The SMILES string of the molecule is OCC1OC(O)[C@@H](O)C(O)[C@@H]1O[C@H]1OC(CO)[C@@H](O)[C@H](O)C1O. The van der Waals surface area contributed by atoms with Crippen LogP contribution in [0.15, 0.2) is 0 Å². The Kier molecular flexibility index (Phi) is 6.27. The summed E-state index contributed by atoms with van der Waals surface area (Å²) in [6.45, 7) is -1.35. The van der Waals surface area contributed by atoms with Gasteiger partial charge in [-0.2, -0.15) is 0 Å². The van der Waals surface area contributed by atoms with E-state index in [1.165, 1.54) is 0 Å². The van der Waals surface area contributed by atoms with E-state index in [1.807, 2.05) is 0 Å². The predicted octanol–water partition coefficient (Wildman–Crippen LogP) is -5.40. The first-order valence-corrected chi connectivity index (χ1v) is 7.08. The first kappa shape index (κ1) is 18.9. The van der Waals surface area contributed by atoms with Crippen molar-refractivity contribution in [1.29, 1.82) is 0 Å². The van der Waals surface area contributed by atoms with Crippen LogP contribution in [0.25, 0.3) is 0 Å². The summed E-state index contributed by atoms with van der Waals surface area (Å²) in [4.78, 5) is 0. The Morgan fingerprint density at radius 2 is 1.26 bits per heavy atom. The fourth-order valence-electron chi connectivity index (χ4n) is 2.57. The zero-order chi connectivity index (χ0) is 17.3. The zero-order valence-electron chi connectivity index (χ0n) is 12.0. The van der Waals surface area contributed by atoms with Crippen molar-refractivity contribution in [3.8, 4) is 0 Å². The maximum absolute atomic E-state index is 9.94. The molecule has 0 radical (unpaired) electrons. The predicted molar refractivity (Wildman–Crippen MR) is 68.6 cm³/mol. The molecule has 0 aromatic carbocycles. The maximum Gasteiger partial charge on any atom is 0.187 e. The third kappa shape index (κ3) is 3.65. The Balaban J connectivity index is 2.11. The Morgan fingerprint density at radius 1 is 0.652 bits per heavy atom. The van der Waals surface area contributed by atoms with E-state index in [-0.39, 0.29) is 0 Å². The Labute approximate surface area is 130 Å². The standard InChI is InChI=1S/C12H22O11/c13-1-3-5(15)6(16)9(19)12(22-3)23-10-4(2-14)21-11(20)8(18)7(10)17/h3-20H,1-2H2/t3?,4?,5-,6+,7?,8+,9?,10-,11?,12-/m1/s1. The summed E-state index contributed by atoms with van der Waals surface area (Å²) in [5, 5.41) is 76.5. The zero-order valence-corrected chi connectivity index (χ0v) is 12.0. The van der Waals surface area contributed by atoms with Gasteiger partial charge in [0, 0.05) is 0 Å². The van der Waals surface area contributed by atoms with Crippen LogP contribution < -0.4 is 0 Å². The molecule has 136 valence electrons. The molecule has 5 unspecified atom stereocenters. The van der Waals surface area contributed by atoms with Crippen LogP contribution in [0.3, 0.4) is 0 Å². The molecule has 2 fully saturated rings. The Bertz CT molecular complexity index is 378. The van der Waals surface area contributed by atoms with Gasteiger partial charge in [-0.15, -0.1) is 0 Å². The Hall–Kier alpha value is -0.440. The van der Waals surface area contributed by atoms with Gasteiger partial charge in [0.15, 0.2) is 12.6 Å². The fraction of sp³-hybridized carbons (Fsp3) is 1.00. The van der Waals surface area contributed by atoms with Gasteiger partial charge in [0.05, 0.1) is 13.2 Å². The van der Waals surface area contributed by atoms with E-state index in [4.69, 9.17) is 19.3 Å². The molecule has 0 amide bonds. The van der Waals surface area contributed by atoms with Crippen LogP contribution in [0, 0.1) is 0 Å². The van der Waals surface area contributed by atoms with E-state index in [2.05, 4.69) is 0 Å². The molecule has 2 heterocycles. The van der Waals surface area contributed by atoms with Crippen molar-refractivity contribution in [3.05, 3.63) is 0 Å². The minimum atomic E-state index is -1.74. The lowest BCUT2D eigenvalue weighted by Gasteiger charge is -2.45. The molecule has 11 nitrogen and oxygen atoms in total. The van der Waals surface area contributed by atoms with Crippen molar-refractivity contribution in [1.82, 2.24) is 0 Å². The molecule has 11 heteroatoms. The van der Waals surface area contributed by atoms with E-state index in [1.54, 1.807) is 0 Å². The van der Waals surface area contributed by atoms with Gasteiger partial charge in [0.2, 0.25) is 0 Å². The molecule has 0 spiro atoms. The van der Waals surface area contributed by atoms with Crippen molar-refractivity contribution >= 4 is 0 Å². The first-order chi connectivity index (χ1) is 10.8. The van der Waals surface area contributed by atoms with Gasteiger partial charge in [0.25, 0.3) is 0 Å². The van der Waals surface area contributed by atoms with E-state index in [0.717, 1.165) is 0 Å². The molecule has 2 saturated heterocycles. The number of rotatable bonds is 4. The second-order valence-corrected chi connectivity index (χ2v) is 5.53. The summed E-state index contributed by atoms with van der Waals surface area (Å²) in [6, 6.07) is 0. The number of aliphatic hydroxyl groups excluding tert-OH is 8. The normalized spacial score (nSPS) is 51.7. The molecule has 0 bridgehead atoms. The van der Waals surface area contributed by atoms with Crippen LogP contribution in [-0.4, -0.2) is 115 Å². The van der Waals surface area contributed by atoms with Crippen LogP contribution in [0.5, 0.6) is 0 Å². The number of ether oxygens (including phenoxy) is 3. The summed E-state index contributed by atoms with van der Waals surface area (Å²) < 4.78 is 15.3. The van der Waals surface area contributed by atoms with Crippen LogP contribution >= 0.6 is 0 Å². The Morgan fingerprint density at radius 3 is 1.83 bits per heavy atom. The van der Waals surface area contributed by atoms with Crippen LogP contribution in [0.1, 0.15) is 0 Å². The molecule has 2 rings (SSSR count). The summed E-state index contributed by atoms with van der Waals surface area (Å²) in [6.07, 6.45) is -15.6. The van der Waals surface area contributed by atoms with E-state index >= 15 is 0 Å². The van der Waals surface area contributed by atoms with Gasteiger partial charge in [-0.3, -0.25) is 0 Å². The van der Waals surface area contributed by atoms with Crippen molar-refractivity contribution in [2.24, 2.45) is 0 Å². The molecule has 10 atom stereocenters. The smallest absolute Gasteiger partial charge is 0.187 e. The summed E-state index contributed by atoms with van der Waals surface area (Å²) in [5.41, 5.74) is 0. The van der Waals surface area contributed by atoms with Gasteiger partial charge in [0.1, 0.15) is 48.8 Å². The lowest BCUT2D eigenvalue weighted by molar-refractivity contribution is -0.355.